The van der Waals surface area contributed by atoms with Crippen molar-refractivity contribution < 1.29 is 9.90 Å². The fourth-order valence-electron chi connectivity index (χ4n) is 4.53. The van der Waals surface area contributed by atoms with Gasteiger partial charge in [-0.05, 0) is 79.8 Å². The summed E-state index contributed by atoms with van der Waals surface area (Å²) in [6.45, 7) is 2.46. The molecule has 1 amide bonds. The van der Waals surface area contributed by atoms with E-state index < -0.39 is 0 Å². The summed E-state index contributed by atoms with van der Waals surface area (Å²) in [5.41, 5.74) is 4.71. The Morgan fingerprint density at radius 2 is 1.83 bits per heavy atom. The third kappa shape index (κ3) is 4.94. The van der Waals surface area contributed by atoms with Crippen LogP contribution in [0.2, 0.25) is 0 Å². The fourth-order valence-corrected chi connectivity index (χ4v) is 4.87. The van der Waals surface area contributed by atoms with Crippen LogP contribution < -0.4 is 10.6 Å². The number of nitrogens with one attached hydrogen (secondary N) is 2. The Balaban J connectivity index is 1.43. The van der Waals surface area contributed by atoms with Crippen molar-refractivity contribution in [2.75, 3.05) is 11.9 Å². The predicted octanol–water partition coefficient (Wildman–Crippen LogP) is 4.89. The number of hydrogen-bond donors (Lipinski definition) is 3. The number of carbonyl (C=O) groups is 1. The minimum atomic E-state index is -0.191. The number of aryl methyl sites for hydroxylation is 1. The molecule has 0 spiro atoms. The Bertz CT molecular complexity index is 1350. The van der Waals surface area contributed by atoms with Crippen LogP contribution in [0.25, 0.3) is 5.69 Å². The van der Waals surface area contributed by atoms with Crippen LogP contribution >= 0.6 is 12.2 Å². The molecular weight excluding hydrogens is 470 g/mol. The highest BCUT2D eigenvalue weighted by Gasteiger charge is 2.41. The molecule has 0 unspecified atom stereocenters. The first-order valence-corrected chi connectivity index (χ1v) is 12.2. The number of phenolic OH excluding ortho intramolecular Hbond substituents is 1. The van der Waals surface area contributed by atoms with Gasteiger partial charge in [0, 0.05) is 42.4 Å². The summed E-state index contributed by atoms with van der Waals surface area (Å²) in [6.07, 6.45) is 4.04. The molecule has 182 valence electrons. The summed E-state index contributed by atoms with van der Waals surface area (Å²) in [5.74, 6) is 0.138. The van der Waals surface area contributed by atoms with E-state index in [2.05, 4.69) is 31.2 Å². The summed E-state index contributed by atoms with van der Waals surface area (Å²) in [5, 5.41) is 16.7. The molecule has 1 fully saturated rings. The molecule has 2 aromatic carbocycles. The minimum Gasteiger partial charge on any atom is -0.508 e. The summed E-state index contributed by atoms with van der Waals surface area (Å²) in [4.78, 5) is 19.4. The smallest absolute Gasteiger partial charge is 0.226 e. The van der Waals surface area contributed by atoms with Crippen molar-refractivity contribution >= 4 is 28.9 Å². The summed E-state index contributed by atoms with van der Waals surface area (Å²) < 4.78 is 2.08. The van der Waals surface area contributed by atoms with Gasteiger partial charge >= 0.3 is 0 Å². The number of phenols is 1. The van der Waals surface area contributed by atoms with Gasteiger partial charge in [0.05, 0.1) is 17.8 Å². The Hall–Kier alpha value is -4.17. The zero-order valence-corrected chi connectivity index (χ0v) is 20.7. The molecule has 1 aliphatic heterocycles. The molecule has 4 aromatic rings. The zero-order chi connectivity index (χ0) is 25.1. The highest BCUT2D eigenvalue weighted by Crippen LogP contribution is 2.39. The Morgan fingerprint density at radius 1 is 1.06 bits per heavy atom. The van der Waals surface area contributed by atoms with E-state index >= 15 is 0 Å². The van der Waals surface area contributed by atoms with Crippen molar-refractivity contribution in [1.82, 2.24) is 19.8 Å². The van der Waals surface area contributed by atoms with Crippen molar-refractivity contribution in [1.29, 1.82) is 0 Å². The van der Waals surface area contributed by atoms with Gasteiger partial charge in [-0.2, -0.15) is 0 Å². The van der Waals surface area contributed by atoms with Crippen molar-refractivity contribution in [3.63, 3.8) is 0 Å². The van der Waals surface area contributed by atoms with Crippen LogP contribution in [0.15, 0.2) is 91.3 Å². The maximum atomic E-state index is 12.8. The van der Waals surface area contributed by atoms with Crippen LogP contribution in [-0.2, 0) is 4.79 Å². The maximum absolute atomic E-state index is 12.8. The average Bonchev–Trinajstić information content (AvgIpc) is 3.49. The number of carbonyl (C=O) groups excluding carboxylic acids is 1. The lowest BCUT2D eigenvalue weighted by molar-refractivity contribution is -0.116. The fraction of sp³-hybridized carbons (Fsp3) is 0.179. The molecule has 8 heteroatoms. The zero-order valence-electron chi connectivity index (χ0n) is 19.8. The number of amides is 1. The highest BCUT2D eigenvalue weighted by molar-refractivity contribution is 7.80. The van der Waals surface area contributed by atoms with Crippen LogP contribution in [0.3, 0.4) is 0 Å². The predicted molar refractivity (Wildman–Crippen MR) is 144 cm³/mol. The molecule has 0 aliphatic carbocycles. The van der Waals surface area contributed by atoms with Crippen molar-refractivity contribution in [3.8, 4) is 11.4 Å². The van der Waals surface area contributed by atoms with Gasteiger partial charge in [0.25, 0.3) is 0 Å². The second-order valence-corrected chi connectivity index (χ2v) is 9.19. The molecule has 3 heterocycles. The number of aromatic hydroxyl groups is 1. The SMILES string of the molecule is Cc1ccc(NC(=O)CCN2C(=S)N[C@H](c3ccccn3)[C@H]2c2cccn2-c2ccc(O)cc2)cc1. The third-order valence-electron chi connectivity index (χ3n) is 6.32. The van der Waals surface area contributed by atoms with Crippen molar-refractivity contribution in [2.24, 2.45) is 0 Å². The van der Waals surface area contributed by atoms with Gasteiger partial charge in [-0.15, -0.1) is 0 Å². The molecule has 5 rings (SSSR count). The number of rotatable bonds is 7. The van der Waals surface area contributed by atoms with Crippen LogP contribution in [-0.4, -0.2) is 37.1 Å². The highest BCUT2D eigenvalue weighted by atomic mass is 32.1. The molecule has 0 radical (unpaired) electrons. The first-order valence-electron chi connectivity index (χ1n) is 11.8. The lowest BCUT2D eigenvalue weighted by Crippen LogP contribution is -2.33. The Morgan fingerprint density at radius 3 is 2.56 bits per heavy atom. The molecule has 2 atom stereocenters. The normalized spacial score (nSPS) is 17.1. The number of anilines is 1. The van der Waals surface area contributed by atoms with Crippen LogP contribution in [0, 0.1) is 6.92 Å². The number of pyridine rings is 1. The van der Waals surface area contributed by atoms with Gasteiger partial charge in [-0.1, -0.05) is 23.8 Å². The van der Waals surface area contributed by atoms with E-state index in [1.165, 1.54) is 0 Å². The van der Waals surface area contributed by atoms with E-state index in [0.717, 1.165) is 28.3 Å². The standard InChI is InChI=1S/C28H27N5O2S/c1-19-7-9-20(10-8-19)30-25(35)15-18-33-27(26(31-28(33)36)23-5-2-3-16-29-23)24-6-4-17-32(24)21-11-13-22(34)14-12-21/h2-14,16-17,26-27,34H,15,18H2,1H3,(H,30,35)(H,31,36)/t26-,27-/m1/s1. The van der Waals surface area contributed by atoms with E-state index in [1.54, 1.807) is 18.3 Å². The summed E-state index contributed by atoms with van der Waals surface area (Å²) in [7, 11) is 0. The quantitative estimate of drug-likeness (QED) is 0.316. The first kappa shape index (κ1) is 23.6. The van der Waals surface area contributed by atoms with Gasteiger partial charge in [-0.25, -0.2) is 0 Å². The maximum Gasteiger partial charge on any atom is 0.226 e. The Kier molecular flexibility index (Phi) is 6.69. The molecule has 36 heavy (non-hydrogen) atoms. The number of aromatic nitrogens is 2. The van der Waals surface area contributed by atoms with E-state index in [-0.39, 0.29) is 30.2 Å². The van der Waals surface area contributed by atoms with Gasteiger partial charge in [0.2, 0.25) is 5.91 Å². The molecule has 7 nitrogen and oxygen atoms in total. The second-order valence-electron chi connectivity index (χ2n) is 8.80. The number of nitrogens with zero attached hydrogens (tertiary/aromatic N) is 3. The van der Waals surface area contributed by atoms with E-state index in [0.29, 0.717) is 11.7 Å². The molecule has 0 saturated carbocycles. The van der Waals surface area contributed by atoms with Gasteiger partial charge in [-0.3, -0.25) is 9.78 Å². The number of thiocarbonyl (C=S) groups is 1. The first-order chi connectivity index (χ1) is 17.5. The molecule has 1 saturated heterocycles. The van der Waals surface area contributed by atoms with Gasteiger partial charge < -0.3 is 25.2 Å². The summed E-state index contributed by atoms with van der Waals surface area (Å²) >= 11 is 5.75. The lowest BCUT2D eigenvalue weighted by Gasteiger charge is -2.28. The second kappa shape index (κ2) is 10.2. The van der Waals surface area contributed by atoms with Crippen LogP contribution in [0.1, 0.15) is 35.5 Å². The van der Waals surface area contributed by atoms with E-state index in [1.807, 2.05) is 73.8 Å². The van der Waals surface area contributed by atoms with Crippen molar-refractivity contribution in [2.45, 2.75) is 25.4 Å². The van der Waals surface area contributed by atoms with Gasteiger partial charge in [0.1, 0.15) is 5.75 Å². The molecule has 2 aromatic heterocycles. The van der Waals surface area contributed by atoms with E-state index in [9.17, 15) is 9.90 Å². The minimum absolute atomic E-state index is 0.0735. The lowest BCUT2D eigenvalue weighted by atomic mass is 10.0. The average molecular weight is 498 g/mol. The topological polar surface area (TPSA) is 82.4 Å². The molecule has 1 aliphatic rings. The molecule has 3 N–H and O–H groups in total. The third-order valence-corrected chi connectivity index (χ3v) is 6.68. The van der Waals surface area contributed by atoms with Gasteiger partial charge in [0.15, 0.2) is 5.11 Å². The largest absolute Gasteiger partial charge is 0.508 e. The van der Waals surface area contributed by atoms with Crippen LogP contribution in [0.4, 0.5) is 5.69 Å². The molecular formula is C28H27N5O2S. The molecule has 0 bridgehead atoms. The van der Waals surface area contributed by atoms with E-state index in [4.69, 9.17) is 12.2 Å². The number of hydrogen-bond acceptors (Lipinski definition) is 4. The summed E-state index contributed by atoms with van der Waals surface area (Å²) in [6, 6.07) is 24.3. The van der Waals surface area contributed by atoms with Crippen LogP contribution in [0.5, 0.6) is 5.75 Å². The number of benzene rings is 2. The Labute approximate surface area is 215 Å². The monoisotopic (exact) mass is 497 g/mol. The van der Waals surface area contributed by atoms with Crippen molar-refractivity contribution in [3.05, 3.63) is 108 Å².